The van der Waals surface area contributed by atoms with E-state index in [4.69, 9.17) is 9.47 Å². The number of hydrogen-bond acceptors (Lipinski definition) is 7. The molecule has 3 aromatic rings. The van der Waals surface area contributed by atoms with Gasteiger partial charge < -0.3 is 19.5 Å². The third-order valence-electron chi connectivity index (χ3n) is 6.14. The standard InChI is InChI=1S/C30H30N2O6/c1-5-37-30(36)21-11-9-20(10-12-21)17-32-26(23-8-6-7-15-31-23)25(28(34)29(32)35)27(33)22-13-14-24(19(4)16-22)38-18(2)3/h6-16,18,26,33H,5,17H2,1-4H3/b27-25-. The number of aliphatic hydroxyl groups is 1. The number of rotatable bonds is 8. The topological polar surface area (TPSA) is 106 Å². The van der Waals surface area contributed by atoms with Gasteiger partial charge in [-0.25, -0.2) is 4.79 Å². The summed E-state index contributed by atoms with van der Waals surface area (Å²) >= 11 is 0. The number of benzene rings is 2. The van der Waals surface area contributed by atoms with E-state index in [2.05, 4.69) is 4.98 Å². The minimum atomic E-state index is -0.896. The van der Waals surface area contributed by atoms with Crippen LogP contribution in [0, 0.1) is 6.92 Å². The summed E-state index contributed by atoms with van der Waals surface area (Å²) in [6, 6.07) is 16.1. The largest absolute Gasteiger partial charge is 0.507 e. The molecule has 1 atom stereocenters. The minimum absolute atomic E-state index is 0.0195. The molecule has 1 aliphatic rings. The smallest absolute Gasteiger partial charge is 0.338 e. The summed E-state index contributed by atoms with van der Waals surface area (Å²) in [5.74, 6) is -1.58. The second-order valence-electron chi connectivity index (χ2n) is 9.25. The second kappa shape index (κ2) is 11.3. The summed E-state index contributed by atoms with van der Waals surface area (Å²) in [7, 11) is 0. The molecule has 0 saturated carbocycles. The molecular weight excluding hydrogens is 484 g/mol. The van der Waals surface area contributed by atoms with Gasteiger partial charge in [0, 0.05) is 18.3 Å². The Labute approximate surface area is 221 Å². The summed E-state index contributed by atoms with van der Waals surface area (Å²) in [5, 5.41) is 11.3. The summed E-state index contributed by atoms with van der Waals surface area (Å²) in [6.07, 6.45) is 1.56. The molecule has 8 nitrogen and oxygen atoms in total. The highest BCUT2D eigenvalue weighted by molar-refractivity contribution is 6.46. The van der Waals surface area contributed by atoms with Crippen molar-refractivity contribution in [3.63, 3.8) is 0 Å². The molecule has 1 amide bonds. The fourth-order valence-electron chi connectivity index (χ4n) is 4.38. The van der Waals surface area contributed by atoms with Crippen molar-refractivity contribution in [3.8, 4) is 5.75 Å². The zero-order valence-electron chi connectivity index (χ0n) is 21.8. The monoisotopic (exact) mass is 514 g/mol. The van der Waals surface area contributed by atoms with Crippen LogP contribution in [0.1, 0.15) is 59.6 Å². The summed E-state index contributed by atoms with van der Waals surface area (Å²) in [6.45, 7) is 7.77. The molecule has 1 aliphatic heterocycles. The Hall–Kier alpha value is -4.46. The first-order chi connectivity index (χ1) is 18.2. The predicted molar refractivity (Wildman–Crippen MR) is 141 cm³/mol. The summed E-state index contributed by atoms with van der Waals surface area (Å²) in [5.41, 5.74) is 2.69. The van der Waals surface area contributed by atoms with Crippen molar-refractivity contribution < 1.29 is 29.0 Å². The van der Waals surface area contributed by atoms with E-state index in [1.807, 2.05) is 20.8 Å². The van der Waals surface area contributed by atoms with E-state index in [-0.39, 0.29) is 30.6 Å². The number of aryl methyl sites for hydroxylation is 1. The molecule has 0 spiro atoms. The molecule has 0 bridgehead atoms. The highest BCUT2D eigenvalue weighted by atomic mass is 16.5. The van der Waals surface area contributed by atoms with Gasteiger partial charge >= 0.3 is 5.97 Å². The molecule has 1 saturated heterocycles. The van der Waals surface area contributed by atoms with Crippen LogP contribution in [-0.2, 0) is 20.9 Å². The van der Waals surface area contributed by atoms with Crippen LogP contribution in [0.3, 0.4) is 0 Å². The van der Waals surface area contributed by atoms with Gasteiger partial charge in [-0.2, -0.15) is 0 Å². The van der Waals surface area contributed by atoms with Gasteiger partial charge in [0.05, 0.1) is 29.5 Å². The Morgan fingerprint density at radius 3 is 2.37 bits per heavy atom. The Balaban J connectivity index is 1.74. The Morgan fingerprint density at radius 1 is 1.05 bits per heavy atom. The number of aromatic nitrogens is 1. The van der Waals surface area contributed by atoms with Crippen LogP contribution < -0.4 is 4.74 Å². The van der Waals surface area contributed by atoms with Gasteiger partial charge in [-0.1, -0.05) is 18.2 Å². The van der Waals surface area contributed by atoms with Crippen LogP contribution >= 0.6 is 0 Å². The quantitative estimate of drug-likeness (QED) is 0.196. The highest BCUT2D eigenvalue weighted by Crippen LogP contribution is 2.40. The van der Waals surface area contributed by atoms with Gasteiger partial charge in [-0.05, 0) is 81.3 Å². The van der Waals surface area contributed by atoms with Crippen LogP contribution in [0.25, 0.3) is 5.76 Å². The van der Waals surface area contributed by atoms with Crippen LogP contribution in [0.5, 0.6) is 5.75 Å². The average molecular weight is 515 g/mol. The number of pyridine rings is 1. The third kappa shape index (κ3) is 5.44. The lowest BCUT2D eigenvalue weighted by molar-refractivity contribution is -0.140. The second-order valence-corrected chi connectivity index (χ2v) is 9.25. The van der Waals surface area contributed by atoms with Crippen LogP contribution in [-0.4, -0.2) is 45.4 Å². The van der Waals surface area contributed by atoms with Crippen molar-refractivity contribution in [2.24, 2.45) is 0 Å². The van der Waals surface area contributed by atoms with E-state index in [0.29, 0.717) is 28.1 Å². The lowest BCUT2D eigenvalue weighted by atomic mass is 9.97. The lowest BCUT2D eigenvalue weighted by Crippen LogP contribution is -2.29. The zero-order valence-corrected chi connectivity index (χ0v) is 21.8. The molecule has 38 heavy (non-hydrogen) atoms. The van der Waals surface area contributed by atoms with Gasteiger partial charge in [-0.3, -0.25) is 14.6 Å². The molecule has 0 radical (unpaired) electrons. The molecule has 196 valence electrons. The van der Waals surface area contributed by atoms with Gasteiger partial charge in [-0.15, -0.1) is 0 Å². The Kier molecular flexibility index (Phi) is 7.90. The third-order valence-corrected chi connectivity index (χ3v) is 6.14. The first-order valence-corrected chi connectivity index (χ1v) is 12.4. The first kappa shape index (κ1) is 26.6. The van der Waals surface area contributed by atoms with Gasteiger partial charge in [0.1, 0.15) is 17.6 Å². The van der Waals surface area contributed by atoms with Crippen LogP contribution in [0.15, 0.2) is 72.4 Å². The molecule has 8 heteroatoms. The normalized spacial score (nSPS) is 16.7. The SMILES string of the molecule is CCOC(=O)c1ccc(CN2C(=O)C(=O)/C(=C(\O)c3ccc(OC(C)C)c(C)c3)C2c2ccccn2)cc1. The van der Waals surface area contributed by atoms with Gasteiger partial charge in [0.2, 0.25) is 0 Å². The fraction of sp³-hybridized carbons (Fsp3) is 0.267. The minimum Gasteiger partial charge on any atom is -0.507 e. The fourth-order valence-corrected chi connectivity index (χ4v) is 4.38. The van der Waals surface area contributed by atoms with E-state index in [1.54, 1.807) is 73.8 Å². The number of amides is 1. The molecule has 2 heterocycles. The molecule has 0 aliphatic carbocycles. The number of ketones is 1. The molecule has 1 N–H and O–H groups in total. The van der Waals surface area contributed by atoms with E-state index < -0.39 is 23.7 Å². The van der Waals surface area contributed by atoms with Crippen molar-refractivity contribution in [2.75, 3.05) is 6.61 Å². The molecule has 1 unspecified atom stereocenters. The first-order valence-electron chi connectivity index (χ1n) is 12.4. The number of nitrogens with zero attached hydrogens (tertiary/aromatic N) is 2. The maximum atomic E-state index is 13.3. The highest BCUT2D eigenvalue weighted by Gasteiger charge is 2.46. The van der Waals surface area contributed by atoms with Crippen molar-refractivity contribution in [3.05, 3.63) is 100 Å². The lowest BCUT2D eigenvalue weighted by Gasteiger charge is -2.24. The number of carbonyl (C=O) groups is 3. The van der Waals surface area contributed by atoms with E-state index in [9.17, 15) is 19.5 Å². The number of carbonyl (C=O) groups excluding carboxylic acids is 3. The maximum absolute atomic E-state index is 13.3. The molecule has 4 rings (SSSR count). The average Bonchev–Trinajstić information content (AvgIpc) is 3.15. The van der Waals surface area contributed by atoms with Crippen molar-refractivity contribution >= 4 is 23.4 Å². The number of likely N-dealkylation sites (tertiary alicyclic amines) is 1. The van der Waals surface area contributed by atoms with E-state index in [0.717, 1.165) is 5.56 Å². The van der Waals surface area contributed by atoms with E-state index in [1.165, 1.54) is 4.90 Å². The molecule has 1 aromatic heterocycles. The number of hydrogen-bond donors (Lipinski definition) is 1. The van der Waals surface area contributed by atoms with Crippen molar-refractivity contribution in [1.29, 1.82) is 0 Å². The molecule has 1 fully saturated rings. The number of ether oxygens (including phenoxy) is 2. The molecule has 2 aromatic carbocycles. The van der Waals surface area contributed by atoms with Gasteiger partial charge in [0.25, 0.3) is 11.7 Å². The number of aliphatic hydroxyl groups excluding tert-OH is 1. The molecular formula is C30H30N2O6. The predicted octanol–water partition coefficient (Wildman–Crippen LogP) is 4.98. The van der Waals surface area contributed by atoms with Gasteiger partial charge in [0.15, 0.2) is 0 Å². The van der Waals surface area contributed by atoms with Crippen LogP contribution in [0.2, 0.25) is 0 Å². The van der Waals surface area contributed by atoms with Crippen molar-refractivity contribution in [2.45, 2.75) is 46.4 Å². The van der Waals surface area contributed by atoms with Crippen molar-refractivity contribution in [1.82, 2.24) is 9.88 Å². The Morgan fingerprint density at radius 2 is 1.76 bits per heavy atom. The van der Waals surface area contributed by atoms with Crippen LogP contribution in [0.4, 0.5) is 0 Å². The number of esters is 1. The summed E-state index contributed by atoms with van der Waals surface area (Å²) in [4.78, 5) is 44.3. The number of Topliss-reactive ketones (excluding diaryl/α,β-unsaturated/α-hetero) is 1. The van der Waals surface area contributed by atoms with E-state index >= 15 is 0 Å². The Bertz CT molecular complexity index is 1380. The zero-order chi connectivity index (χ0) is 27.4. The summed E-state index contributed by atoms with van der Waals surface area (Å²) < 4.78 is 10.8. The maximum Gasteiger partial charge on any atom is 0.338 e.